The number of piperidine rings is 1. The number of nitroso groups, excluding NO2 is 1. The third-order valence-electron chi connectivity index (χ3n) is 7.73. The van der Waals surface area contributed by atoms with Crippen molar-refractivity contribution in [1.82, 2.24) is 25.4 Å². The number of hydrogen-bond donors (Lipinski definition) is 3. The molecule has 1 amide bonds. The van der Waals surface area contributed by atoms with E-state index in [1.165, 1.54) is 0 Å². The second-order valence-corrected chi connectivity index (χ2v) is 11.9. The number of rotatable bonds is 8. The molecule has 0 unspecified atom stereocenters. The first-order valence-electron chi connectivity index (χ1n) is 14.3. The van der Waals surface area contributed by atoms with Gasteiger partial charge in [-0.3, -0.25) is 0 Å². The molecule has 0 bridgehead atoms. The fraction of sp³-hybridized carbons (Fsp3) is 0.607. The highest BCUT2D eigenvalue weighted by Crippen LogP contribution is 2.28. The Labute approximate surface area is 239 Å². The van der Waals surface area contributed by atoms with Crippen LogP contribution >= 0.6 is 0 Å². The molecule has 1 saturated heterocycles. The van der Waals surface area contributed by atoms with Crippen LogP contribution in [-0.4, -0.2) is 64.1 Å². The third-order valence-corrected chi connectivity index (χ3v) is 7.73. The summed E-state index contributed by atoms with van der Waals surface area (Å²) >= 11 is 0. The molecule has 0 spiro atoms. The van der Waals surface area contributed by atoms with E-state index in [1.54, 1.807) is 19.5 Å². The first-order valence-corrected chi connectivity index (χ1v) is 14.3. The normalized spacial score (nSPS) is 20.1. The number of ether oxygens (including phenoxy) is 2. The Morgan fingerprint density at radius 1 is 1.15 bits per heavy atom. The van der Waals surface area contributed by atoms with E-state index in [4.69, 9.17) is 14.5 Å². The van der Waals surface area contributed by atoms with Crippen molar-refractivity contribution in [3.8, 4) is 0 Å². The van der Waals surface area contributed by atoms with Crippen molar-refractivity contribution in [2.75, 3.05) is 30.4 Å². The molecule has 2 aliphatic rings. The van der Waals surface area contributed by atoms with Gasteiger partial charge in [0.25, 0.3) is 0 Å². The maximum absolute atomic E-state index is 12.2. The van der Waals surface area contributed by atoms with Crippen LogP contribution in [0, 0.1) is 10.8 Å². The number of carbonyl (C=O) groups excluding carboxylic acids is 1. The van der Waals surface area contributed by atoms with E-state index in [-0.39, 0.29) is 24.1 Å². The number of hydrogen-bond acceptors (Lipinski definition) is 10. The van der Waals surface area contributed by atoms with E-state index in [0.29, 0.717) is 35.4 Å². The van der Waals surface area contributed by atoms with Gasteiger partial charge in [0.1, 0.15) is 22.6 Å². The molecule has 4 heterocycles. The summed E-state index contributed by atoms with van der Waals surface area (Å²) in [5, 5.41) is 13.3. The number of carbonyl (C=O) groups is 1. The van der Waals surface area contributed by atoms with Crippen molar-refractivity contribution in [2.45, 2.75) is 83.6 Å². The van der Waals surface area contributed by atoms with Crippen LogP contribution in [0.5, 0.6) is 0 Å². The molecule has 3 aromatic heterocycles. The van der Waals surface area contributed by atoms with Gasteiger partial charge in [0.05, 0.1) is 12.2 Å². The molecule has 13 nitrogen and oxygen atoms in total. The lowest BCUT2D eigenvalue weighted by Gasteiger charge is -2.31. The summed E-state index contributed by atoms with van der Waals surface area (Å²) in [4.78, 5) is 39.6. The minimum atomic E-state index is -0.517. The number of H-pyrrole nitrogens is 1. The lowest BCUT2D eigenvalue weighted by Crippen LogP contribution is -2.44. The second-order valence-electron chi connectivity index (χ2n) is 11.9. The number of nitrogens with one attached hydrogen (secondary N) is 3. The molecule has 5 rings (SSSR count). The van der Waals surface area contributed by atoms with Crippen LogP contribution < -0.4 is 20.2 Å². The molecule has 220 valence electrons. The largest absolute Gasteiger partial charge is 0.444 e. The molecule has 13 heteroatoms. The highest BCUT2D eigenvalue weighted by molar-refractivity contribution is 5.86. The fourth-order valence-corrected chi connectivity index (χ4v) is 5.60. The number of amides is 1. The highest BCUT2D eigenvalue weighted by Gasteiger charge is 2.29. The lowest BCUT2D eigenvalue weighted by atomic mass is 9.86. The first-order chi connectivity index (χ1) is 19.7. The Balaban J connectivity index is 1.24. The van der Waals surface area contributed by atoms with Gasteiger partial charge in [-0.2, -0.15) is 4.98 Å². The number of alkyl carbamates (subject to hydrolysis) is 1. The summed E-state index contributed by atoms with van der Waals surface area (Å²) in [6.45, 7) is 7.96. The van der Waals surface area contributed by atoms with Gasteiger partial charge in [-0.15, -0.1) is 14.7 Å². The summed E-state index contributed by atoms with van der Waals surface area (Å²) in [5.74, 6) is 2.56. The monoisotopic (exact) mass is 566 g/mol. The SMILES string of the molecule is COC1CCN(c2nccc(Nc3cc4c(cn3)c(N=O)[nH][n+]4CC3CCC(NC(=O)OC(C)(C)C)CC3)n2)CC1. The number of methoxy groups -OCH3 is 1. The summed E-state index contributed by atoms with van der Waals surface area (Å²) in [7, 11) is 1.75. The summed E-state index contributed by atoms with van der Waals surface area (Å²) < 4.78 is 12.8. The molecule has 0 radical (unpaired) electrons. The van der Waals surface area contributed by atoms with E-state index in [9.17, 15) is 9.70 Å². The number of aromatic amines is 1. The van der Waals surface area contributed by atoms with Crippen molar-refractivity contribution in [1.29, 1.82) is 0 Å². The van der Waals surface area contributed by atoms with Gasteiger partial charge in [-0.25, -0.2) is 14.8 Å². The van der Waals surface area contributed by atoms with Crippen LogP contribution in [-0.2, 0) is 16.0 Å². The number of fused-ring (bicyclic) bond motifs is 1. The fourth-order valence-electron chi connectivity index (χ4n) is 5.60. The topological polar surface area (TPSA) is 151 Å². The zero-order valence-corrected chi connectivity index (χ0v) is 24.2. The maximum atomic E-state index is 12.2. The van der Waals surface area contributed by atoms with E-state index in [2.05, 4.69) is 35.8 Å². The Hall–Kier alpha value is -3.87. The molecule has 0 atom stereocenters. The van der Waals surface area contributed by atoms with Crippen LogP contribution in [0.1, 0.15) is 59.3 Å². The van der Waals surface area contributed by atoms with Gasteiger partial charge in [0.2, 0.25) is 17.3 Å². The number of nitrogens with zero attached hydrogens (tertiary/aromatic N) is 6. The van der Waals surface area contributed by atoms with E-state index in [0.717, 1.165) is 57.1 Å². The molecule has 1 saturated carbocycles. The van der Waals surface area contributed by atoms with Crippen LogP contribution in [0.25, 0.3) is 10.9 Å². The zero-order chi connectivity index (χ0) is 29.0. The van der Waals surface area contributed by atoms with Gasteiger partial charge in [0.15, 0.2) is 6.54 Å². The second kappa shape index (κ2) is 12.3. The quantitative estimate of drug-likeness (QED) is 0.265. The van der Waals surface area contributed by atoms with Gasteiger partial charge in [-0.05, 0) is 70.5 Å². The van der Waals surface area contributed by atoms with Gasteiger partial charge >= 0.3 is 6.09 Å². The average Bonchev–Trinajstić information content (AvgIpc) is 3.30. The standard InChI is InChI=1S/C28H39N9O4/c1-28(2,3)41-27(38)31-19-7-5-18(6-8-19)17-37-22-15-24(30-16-21(22)25(34-37)35-39)32-23-9-12-29-26(33-23)36-13-10-20(40-4)11-14-36/h9,12,15-16,18-20H,5-8,10-11,13-14,17H2,1-4H3,(H2,29,30,31,32,33,34,38)/p+1. The molecular weight excluding hydrogens is 526 g/mol. The molecule has 0 aromatic carbocycles. The predicted molar refractivity (Wildman–Crippen MR) is 154 cm³/mol. The molecule has 1 aliphatic carbocycles. The van der Waals surface area contributed by atoms with Crippen molar-refractivity contribution in [2.24, 2.45) is 11.1 Å². The Kier molecular flexibility index (Phi) is 8.62. The Morgan fingerprint density at radius 2 is 1.90 bits per heavy atom. The van der Waals surface area contributed by atoms with Gasteiger partial charge in [0, 0.05) is 44.6 Å². The summed E-state index contributed by atoms with van der Waals surface area (Å²) in [6.07, 6.45) is 8.82. The number of pyridine rings is 1. The maximum Gasteiger partial charge on any atom is 0.407 e. The van der Waals surface area contributed by atoms with E-state index in [1.807, 2.05) is 37.6 Å². The zero-order valence-electron chi connectivity index (χ0n) is 24.2. The Morgan fingerprint density at radius 3 is 2.59 bits per heavy atom. The van der Waals surface area contributed by atoms with Crippen LogP contribution in [0.15, 0.2) is 29.7 Å². The van der Waals surface area contributed by atoms with Gasteiger partial charge in [-0.1, -0.05) is 0 Å². The average molecular weight is 567 g/mol. The Bertz CT molecular complexity index is 1360. The number of aromatic nitrogens is 5. The minimum Gasteiger partial charge on any atom is -0.444 e. The molecular formula is C28H40N9O4+. The highest BCUT2D eigenvalue weighted by atomic mass is 16.6. The predicted octanol–water partition coefficient (Wildman–Crippen LogP) is 4.48. The van der Waals surface area contributed by atoms with Crippen LogP contribution in [0.4, 0.5) is 28.2 Å². The third kappa shape index (κ3) is 7.26. The van der Waals surface area contributed by atoms with E-state index >= 15 is 0 Å². The van der Waals surface area contributed by atoms with E-state index < -0.39 is 5.60 Å². The molecule has 2 fully saturated rings. The van der Waals surface area contributed by atoms with Crippen molar-refractivity contribution in [3.05, 3.63) is 29.4 Å². The lowest BCUT2D eigenvalue weighted by molar-refractivity contribution is -0.732. The summed E-state index contributed by atoms with van der Waals surface area (Å²) in [5.41, 5.74) is 0.318. The molecule has 1 aliphatic heterocycles. The molecule has 3 N–H and O–H groups in total. The van der Waals surface area contributed by atoms with Crippen molar-refractivity contribution < 1.29 is 19.0 Å². The van der Waals surface area contributed by atoms with Crippen LogP contribution in [0.2, 0.25) is 0 Å². The molecule has 3 aromatic rings. The minimum absolute atomic E-state index is 0.0998. The smallest absolute Gasteiger partial charge is 0.407 e. The van der Waals surface area contributed by atoms with Crippen LogP contribution in [0.3, 0.4) is 0 Å². The molecule has 41 heavy (non-hydrogen) atoms. The van der Waals surface area contributed by atoms with Crippen molar-refractivity contribution >= 4 is 40.4 Å². The van der Waals surface area contributed by atoms with Gasteiger partial charge < -0.3 is 25.0 Å². The first kappa shape index (κ1) is 28.7. The summed E-state index contributed by atoms with van der Waals surface area (Å²) in [6, 6.07) is 3.81. The number of anilines is 3. The van der Waals surface area contributed by atoms with Crippen molar-refractivity contribution in [3.63, 3.8) is 0 Å².